The number of aromatic amines is 1. The average molecular weight is 499 g/mol. The molecule has 1 saturated heterocycles. The van der Waals surface area contributed by atoms with Gasteiger partial charge in [-0.1, -0.05) is 0 Å². The maximum absolute atomic E-state index is 13.2. The Balaban J connectivity index is 1.27. The van der Waals surface area contributed by atoms with E-state index in [1.165, 1.54) is 25.2 Å². The highest BCUT2D eigenvalue weighted by atomic mass is 19.4. The van der Waals surface area contributed by atoms with E-state index < -0.39 is 11.7 Å². The highest BCUT2D eigenvalue weighted by Gasteiger charge is 2.32. The lowest BCUT2D eigenvalue weighted by Crippen LogP contribution is -2.50. The van der Waals surface area contributed by atoms with Crippen LogP contribution in [0.3, 0.4) is 0 Å². The molecule has 3 aromatic rings. The molecule has 2 fully saturated rings. The van der Waals surface area contributed by atoms with Gasteiger partial charge in [-0.2, -0.15) is 18.4 Å². The molecule has 0 spiro atoms. The van der Waals surface area contributed by atoms with Crippen molar-refractivity contribution in [3.63, 3.8) is 0 Å². The number of nitrogens with zero attached hydrogens (tertiary/aromatic N) is 6. The number of alkyl halides is 3. The van der Waals surface area contributed by atoms with E-state index in [0.29, 0.717) is 35.7 Å². The van der Waals surface area contributed by atoms with Gasteiger partial charge in [-0.05, 0) is 44.7 Å². The van der Waals surface area contributed by atoms with Gasteiger partial charge in [0.2, 0.25) is 5.95 Å². The Labute approximate surface area is 207 Å². The van der Waals surface area contributed by atoms with Crippen molar-refractivity contribution in [2.45, 2.75) is 37.9 Å². The summed E-state index contributed by atoms with van der Waals surface area (Å²) in [5.41, 5.74) is 0.298. The van der Waals surface area contributed by atoms with E-state index in [9.17, 15) is 18.4 Å². The summed E-state index contributed by atoms with van der Waals surface area (Å²) in [5.74, 6) is 0.863. The number of nitriles is 1. The van der Waals surface area contributed by atoms with Crippen molar-refractivity contribution < 1.29 is 13.2 Å². The van der Waals surface area contributed by atoms with Crippen molar-refractivity contribution in [3.8, 4) is 17.3 Å². The summed E-state index contributed by atoms with van der Waals surface area (Å²) in [6, 6.07) is 3.74. The molecule has 0 atom stereocenters. The number of hydrogen-bond donors (Lipinski definition) is 2. The molecule has 2 aliphatic rings. The third-order valence-corrected chi connectivity index (χ3v) is 7.44. The molecule has 0 unspecified atom stereocenters. The second-order valence-electron chi connectivity index (χ2n) is 9.78. The second kappa shape index (κ2) is 10.0. The smallest absolute Gasteiger partial charge is 0.354 e. The summed E-state index contributed by atoms with van der Waals surface area (Å²) in [4.78, 5) is 20.6. The van der Waals surface area contributed by atoms with Crippen molar-refractivity contribution in [2.24, 2.45) is 5.92 Å². The largest absolute Gasteiger partial charge is 0.417 e. The van der Waals surface area contributed by atoms with Gasteiger partial charge in [0.15, 0.2) is 0 Å². The minimum absolute atomic E-state index is 0.187. The van der Waals surface area contributed by atoms with Gasteiger partial charge in [0.05, 0.1) is 23.0 Å². The Morgan fingerprint density at radius 1 is 1.11 bits per heavy atom. The zero-order valence-corrected chi connectivity index (χ0v) is 20.1. The van der Waals surface area contributed by atoms with Crippen LogP contribution in [0.5, 0.6) is 0 Å². The van der Waals surface area contributed by atoms with Crippen LogP contribution in [0.4, 0.5) is 19.1 Å². The lowest BCUT2D eigenvalue weighted by molar-refractivity contribution is -0.137. The quantitative estimate of drug-likeness (QED) is 0.546. The van der Waals surface area contributed by atoms with Crippen LogP contribution < -0.4 is 5.32 Å². The third kappa shape index (κ3) is 5.15. The Hall–Kier alpha value is -3.23. The summed E-state index contributed by atoms with van der Waals surface area (Å²) in [7, 11) is 2.17. The van der Waals surface area contributed by atoms with Gasteiger partial charge in [0.25, 0.3) is 0 Å². The van der Waals surface area contributed by atoms with Gasteiger partial charge in [-0.15, -0.1) is 0 Å². The number of hydrogen-bond acceptors (Lipinski definition) is 7. The van der Waals surface area contributed by atoms with Gasteiger partial charge in [-0.25, -0.2) is 15.0 Å². The van der Waals surface area contributed by atoms with E-state index in [1.807, 2.05) is 6.07 Å². The van der Waals surface area contributed by atoms with Crippen LogP contribution in [0.1, 0.15) is 36.8 Å². The summed E-state index contributed by atoms with van der Waals surface area (Å²) in [6.45, 7) is 5.25. The van der Waals surface area contributed by atoms with Crippen LogP contribution in [0.2, 0.25) is 0 Å². The predicted molar refractivity (Wildman–Crippen MR) is 130 cm³/mol. The number of likely N-dealkylation sites (N-methyl/N-ethyl adjacent to an activating group) is 1. The third-order valence-electron chi connectivity index (χ3n) is 7.44. The van der Waals surface area contributed by atoms with E-state index >= 15 is 0 Å². The van der Waals surface area contributed by atoms with Gasteiger partial charge >= 0.3 is 6.18 Å². The maximum atomic E-state index is 13.2. The highest BCUT2D eigenvalue weighted by molar-refractivity contribution is 5.94. The van der Waals surface area contributed by atoms with E-state index in [2.05, 4.69) is 42.1 Å². The van der Waals surface area contributed by atoms with Crippen molar-refractivity contribution in [2.75, 3.05) is 45.1 Å². The van der Waals surface area contributed by atoms with Crippen LogP contribution in [0.25, 0.3) is 22.3 Å². The van der Waals surface area contributed by atoms with Crippen LogP contribution in [0, 0.1) is 17.2 Å². The first kappa shape index (κ1) is 24.5. The van der Waals surface area contributed by atoms with E-state index in [0.717, 1.165) is 51.3 Å². The van der Waals surface area contributed by atoms with Crippen molar-refractivity contribution in [3.05, 3.63) is 35.8 Å². The Morgan fingerprint density at radius 2 is 1.86 bits per heavy atom. The highest BCUT2D eigenvalue weighted by Crippen LogP contribution is 2.35. The molecular weight excluding hydrogens is 469 g/mol. The van der Waals surface area contributed by atoms with Crippen LogP contribution in [-0.4, -0.2) is 75.5 Å². The number of pyridine rings is 1. The molecule has 190 valence electrons. The molecule has 11 heteroatoms. The Kier molecular flexibility index (Phi) is 6.81. The molecule has 1 aliphatic heterocycles. The molecule has 1 aliphatic carbocycles. The second-order valence-corrected chi connectivity index (χ2v) is 9.78. The zero-order valence-electron chi connectivity index (χ0n) is 20.1. The van der Waals surface area contributed by atoms with E-state index in [-0.39, 0.29) is 16.6 Å². The topological polar surface area (TPSA) is 96.8 Å². The average Bonchev–Trinajstić information content (AvgIpc) is 3.31. The molecule has 3 aromatic heterocycles. The summed E-state index contributed by atoms with van der Waals surface area (Å²) < 4.78 is 39.7. The van der Waals surface area contributed by atoms with E-state index in [1.54, 1.807) is 0 Å². The molecule has 0 aromatic carbocycles. The standard InChI is InChI=1S/C25H29F3N8/c1-35-6-8-36(9-7-35)19-4-2-16(3-5-19)12-32-24-33-13-17(11-29)22(34-24)21-15-31-23-20(21)10-18(14-30-23)25(26,27)28/h10,13-16,19H,2-9,12H2,1H3,(H,30,31)(H,32,33,34). The number of aromatic nitrogens is 4. The number of halogens is 3. The first-order valence-electron chi connectivity index (χ1n) is 12.3. The first-order chi connectivity index (χ1) is 17.3. The fourth-order valence-electron chi connectivity index (χ4n) is 5.25. The molecule has 5 rings (SSSR count). The molecule has 4 heterocycles. The van der Waals surface area contributed by atoms with Gasteiger partial charge in [-0.3, -0.25) is 4.90 Å². The zero-order chi connectivity index (χ0) is 25.3. The lowest BCUT2D eigenvalue weighted by atomic mass is 9.85. The molecule has 1 saturated carbocycles. The van der Waals surface area contributed by atoms with Crippen LogP contribution >= 0.6 is 0 Å². The Bertz CT molecular complexity index is 1250. The monoisotopic (exact) mass is 498 g/mol. The number of piperazine rings is 1. The van der Waals surface area contributed by atoms with Gasteiger partial charge in [0, 0.05) is 62.1 Å². The molecule has 0 radical (unpaired) electrons. The summed E-state index contributed by atoms with van der Waals surface area (Å²) >= 11 is 0. The molecular formula is C25H29F3N8. The molecule has 0 bridgehead atoms. The van der Waals surface area contributed by atoms with Crippen molar-refractivity contribution in [1.29, 1.82) is 5.26 Å². The maximum Gasteiger partial charge on any atom is 0.417 e. The normalized spacial score (nSPS) is 22.0. The number of rotatable bonds is 5. The number of H-pyrrole nitrogens is 1. The van der Waals surface area contributed by atoms with Crippen LogP contribution in [0.15, 0.2) is 24.7 Å². The van der Waals surface area contributed by atoms with Crippen molar-refractivity contribution >= 4 is 17.0 Å². The predicted octanol–water partition coefficient (Wildman–Crippen LogP) is 4.13. The number of anilines is 1. The molecule has 0 amide bonds. The van der Waals surface area contributed by atoms with Gasteiger partial charge < -0.3 is 15.2 Å². The summed E-state index contributed by atoms with van der Waals surface area (Å²) in [5, 5.41) is 13.1. The fraction of sp³-hybridized carbons (Fsp3) is 0.520. The lowest BCUT2D eigenvalue weighted by Gasteiger charge is -2.41. The van der Waals surface area contributed by atoms with E-state index in [4.69, 9.17) is 0 Å². The number of nitrogens with one attached hydrogen (secondary N) is 2. The first-order valence-corrected chi connectivity index (χ1v) is 12.3. The molecule has 8 nitrogen and oxygen atoms in total. The van der Waals surface area contributed by atoms with Crippen LogP contribution in [-0.2, 0) is 6.18 Å². The summed E-state index contributed by atoms with van der Waals surface area (Å²) in [6.07, 6.45) is 3.83. The minimum atomic E-state index is -4.52. The number of fused-ring (bicyclic) bond motifs is 1. The SMILES string of the molecule is CN1CCN(C2CCC(CNc3ncc(C#N)c(-c4c[nH]c5ncc(C(F)(F)F)cc45)n3)CC2)CC1. The molecule has 36 heavy (non-hydrogen) atoms. The molecule has 2 N–H and O–H groups in total. The minimum Gasteiger partial charge on any atom is -0.354 e. The Morgan fingerprint density at radius 3 is 2.56 bits per heavy atom. The van der Waals surface area contributed by atoms with Gasteiger partial charge in [0.1, 0.15) is 11.7 Å². The van der Waals surface area contributed by atoms with Crippen molar-refractivity contribution in [1.82, 2.24) is 29.7 Å². The fourth-order valence-corrected chi connectivity index (χ4v) is 5.25.